The number of para-hydroxylation sites is 6. The van der Waals surface area contributed by atoms with Gasteiger partial charge in [-0.25, -0.2) is 0 Å². The zero-order chi connectivity index (χ0) is 50.9. The molecule has 12 aromatic carbocycles. The summed E-state index contributed by atoms with van der Waals surface area (Å²) < 4.78 is 9.02. The van der Waals surface area contributed by atoms with Crippen molar-refractivity contribution in [3.8, 4) is 39.4 Å². The second-order valence-corrected chi connectivity index (χ2v) is 24.1. The molecule has 1 aliphatic heterocycles. The molecule has 0 bridgehead atoms. The number of aromatic nitrogens is 1. The molecule has 1 aliphatic carbocycles. The van der Waals surface area contributed by atoms with E-state index in [-0.39, 0.29) is 0 Å². The molecule has 0 fully saturated rings. The first-order valence-corrected chi connectivity index (χ1v) is 28.6. The Morgan fingerprint density at radius 1 is 0.312 bits per heavy atom. The Hall–Kier alpha value is -9.74. The van der Waals surface area contributed by atoms with Crippen molar-refractivity contribution in [3.63, 3.8) is 0 Å². The molecule has 15 rings (SSSR count). The highest BCUT2D eigenvalue weighted by atomic mass is 28.3. The molecular weight excluding hydrogens is 949 g/mol. The molecule has 77 heavy (non-hydrogen) atoms. The molecule has 4 heteroatoms. The van der Waals surface area contributed by atoms with Crippen molar-refractivity contribution in [2.24, 2.45) is 0 Å². The number of benzene rings is 12. The van der Waals surface area contributed by atoms with Gasteiger partial charge < -0.3 is 14.2 Å². The van der Waals surface area contributed by atoms with E-state index < -0.39 is 13.5 Å². The number of anilines is 3. The molecule has 3 nitrogen and oxygen atoms in total. The maximum atomic E-state index is 6.52. The maximum Gasteiger partial charge on any atom is 0.179 e. The van der Waals surface area contributed by atoms with Crippen molar-refractivity contribution in [2.75, 3.05) is 4.90 Å². The molecule has 1 aromatic heterocycles. The van der Waals surface area contributed by atoms with Crippen LogP contribution < -0.4 is 30.4 Å². The predicted octanol–water partition coefficient (Wildman–Crippen LogP) is 15.8. The van der Waals surface area contributed by atoms with Gasteiger partial charge in [0.25, 0.3) is 0 Å². The zero-order valence-electron chi connectivity index (χ0n) is 42.2. The molecule has 2 heterocycles. The highest BCUT2D eigenvalue weighted by Crippen LogP contribution is 2.56. The normalized spacial score (nSPS) is 13.1. The monoisotopic (exact) mass is 998 g/mol. The molecule has 0 amide bonds. The first-order chi connectivity index (χ1) is 38.2. The first kappa shape index (κ1) is 44.7. The summed E-state index contributed by atoms with van der Waals surface area (Å²) in [4.78, 5) is 2.34. The summed E-state index contributed by atoms with van der Waals surface area (Å²) in [6, 6.07) is 113. The van der Waals surface area contributed by atoms with E-state index in [1.54, 1.807) is 0 Å². The Labute approximate surface area is 449 Å². The third kappa shape index (κ3) is 6.82. The minimum Gasteiger partial charge on any atom is -0.453 e. The van der Waals surface area contributed by atoms with Crippen LogP contribution in [0.1, 0.15) is 22.3 Å². The summed E-state index contributed by atoms with van der Waals surface area (Å²) in [5, 5.41) is 7.68. The summed E-state index contributed by atoms with van der Waals surface area (Å²) in [6.45, 7) is 0. The van der Waals surface area contributed by atoms with Crippen LogP contribution in [0.25, 0.3) is 49.7 Å². The number of hydrogen-bond donors (Lipinski definition) is 0. The Bertz CT molecular complexity index is 4210. The average molecular weight is 999 g/mol. The van der Waals surface area contributed by atoms with Crippen LogP contribution in [0, 0.1) is 0 Å². The van der Waals surface area contributed by atoms with E-state index in [0.717, 1.165) is 45.4 Å². The summed E-state index contributed by atoms with van der Waals surface area (Å²) >= 11 is 0. The fourth-order valence-corrected chi connectivity index (χ4v) is 18.0. The molecule has 0 unspecified atom stereocenters. The lowest BCUT2D eigenvalue weighted by molar-refractivity contribution is 0.477. The van der Waals surface area contributed by atoms with E-state index in [9.17, 15) is 0 Å². The standard InChI is InChI=1S/C73H50N2OSi/c1-4-25-53(26-5-1)73(65-38-14-10-34-61(65)62-35-11-15-39-66(62)73)54-27-23-33-59(49-54)77(57-29-6-2-7-30-57,58-31-8-3-9-32-58)60-48-52(47-56(50-60)75-67-40-16-12-36-63(67)64-37-13-17-41-68(64)75)51-24-22-28-55(46-51)74-69-42-18-20-44-71(69)76-72-45-21-19-43-70(72)74/h1-50H. The summed E-state index contributed by atoms with van der Waals surface area (Å²) in [5.74, 6) is 1.66. The maximum absolute atomic E-state index is 6.52. The van der Waals surface area contributed by atoms with Gasteiger partial charge >= 0.3 is 0 Å². The van der Waals surface area contributed by atoms with Crippen LogP contribution in [0.2, 0.25) is 0 Å². The van der Waals surface area contributed by atoms with Gasteiger partial charge in [0.2, 0.25) is 0 Å². The van der Waals surface area contributed by atoms with E-state index in [1.807, 2.05) is 12.1 Å². The van der Waals surface area contributed by atoms with Gasteiger partial charge in [-0.1, -0.05) is 243 Å². The van der Waals surface area contributed by atoms with E-state index in [4.69, 9.17) is 4.74 Å². The highest BCUT2D eigenvalue weighted by Gasteiger charge is 2.48. The molecule has 362 valence electrons. The van der Waals surface area contributed by atoms with Gasteiger partial charge in [-0.05, 0) is 126 Å². The molecule has 0 saturated heterocycles. The fraction of sp³-hybridized carbons (Fsp3) is 0.0137. The quantitative estimate of drug-likeness (QED) is 0.106. The second kappa shape index (κ2) is 18.0. The van der Waals surface area contributed by atoms with Crippen LogP contribution in [0.15, 0.2) is 303 Å². The number of fused-ring (bicyclic) bond motifs is 8. The third-order valence-corrected chi connectivity index (χ3v) is 21.1. The zero-order valence-corrected chi connectivity index (χ0v) is 43.2. The van der Waals surface area contributed by atoms with Crippen molar-refractivity contribution in [3.05, 3.63) is 326 Å². The Morgan fingerprint density at radius 3 is 1.42 bits per heavy atom. The number of rotatable bonds is 9. The Morgan fingerprint density at radius 2 is 0.792 bits per heavy atom. The average Bonchev–Trinajstić information content (AvgIpc) is 4.25. The molecule has 0 radical (unpaired) electrons. The number of hydrogen-bond acceptors (Lipinski definition) is 2. The van der Waals surface area contributed by atoms with Crippen LogP contribution in [0.4, 0.5) is 17.1 Å². The van der Waals surface area contributed by atoms with Crippen molar-refractivity contribution in [1.29, 1.82) is 0 Å². The lowest BCUT2D eigenvalue weighted by Crippen LogP contribution is -2.75. The van der Waals surface area contributed by atoms with Gasteiger partial charge in [-0.3, -0.25) is 0 Å². The molecule has 2 aliphatic rings. The van der Waals surface area contributed by atoms with E-state index in [1.165, 1.54) is 75.9 Å². The number of nitrogens with zero attached hydrogens (tertiary/aromatic N) is 2. The van der Waals surface area contributed by atoms with E-state index in [0.29, 0.717) is 0 Å². The smallest absolute Gasteiger partial charge is 0.179 e. The van der Waals surface area contributed by atoms with Gasteiger partial charge in [0.15, 0.2) is 19.6 Å². The first-order valence-electron chi connectivity index (χ1n) is 26.6. The van der Waals surface area contributed by atoms with Crippen LogP contribution in [0.3, 0.4) is 0 Å². The van der Waals surface area contributed by atoms with Crippen LogP contribution in [-0.4, -0.2) is 12.6 Å². The van der Waals surface area contributed by atoms with Crippen molar-refractivity contribution in [1.82, 2.24) is 4.57 Å². The van der Waals surface area contributed by atoms with Gasteiger partial charge in [-0.15, -0.1) is 0 Å². The van der Waals surface area contributed by atoms with Gasteiger partial charge in [0.1, 0.15) is 0 Å². The van der Waals surface area contributed by atoms with Gasteiger partial charge in [0, 0.05) is 22.1 Å². The molecular formula is C73H50N2OSi. The fourth-order valence-electron chi connectivity index (χ4n) is 13.2. The summed E-state index contributed by atoms with van der Waals surface area (Å²) in [6.07, 6.45) is 0. The highest BCUT2D eigenvalue weighted by molar-refractivity contribution is 7.20. The molecule has 0 N–H and O–H groups in total. The minimum absolute atomic E-state index is 0.578. The van der Waals surface area contributed by atoms with Crippen LogP contribution in [0.5, 0.6) is 11.5 Å². The topological polar surface area (TPSA) is 17.4 Å². The SMILES string of the molecule is c1ccc(C2(c3cccc([Si](c4ccccc4)(c4ccccc4)c4cc(-c5cccc(N6c7ccccc7Oc7ccccc76)c5)cc(-n5c6ccccc6c6ccccc65)c4)c3)c3ccccc3-c3ccccc32)cc1. The minimum atomic E-state index is -3.32. The molecule has 0 atom stereocenters. The Kier molecular flexibility index (Phi) is 10.4. The van der Waals surface area contributed by atoms with Crippen LogP contribution >= 0.6 is 0 Å². The van der Waals surface area contributed by atoms with Crippen molar-refractivity contribution >= 4 is 67.7 Å². The Balaban J connectivity index is 1.04. The van der Waals surface area contributed by atoms with E-state index in [2.05, 4.69) is 301 Å². The van der Waals surface area contributed by atoms with Crippen molar-refractivity contribution in [2.45, 2.75) is 5.41 Å². The molecule has 13 aromatic rings. The van der Waals surface area contributed by atoms with E-state index >= 15 is 0 Å². The van der Waals surface area contributed by atoms with Crippen molar-refractivity contribution < 1.29 is 4.74 Å². The summed E-state index contributed by atoms with van der Waals surface area (Å²) in [5.41, 5.74) is 15.9. The van der Waals surface area contributed by atoms with Gasteiger partial charge in [-0.2, -0.15) is 0 Å². The third-order valence-electron chi connectivity index (χ3n) is 16.4. The van der Waals surface area contributed by atoms with Crippen LogP contribution in [-0.2, 0) is 5.41 Å². The lowest BCUT2D eigenvalue weighted by atomic mass is 9.68. The second-order valence-electron chi connectivity index (χ2n) is 20.3. The predicted molar refractivity (Wildman–Crippen MR) is 322 cm³/mol. The van der Waals surface area contributed by atoms with Gasteiger partial charge in [0.05, 0.1) is 27.8 Å². The molecule has 0 spiro atoms. The molecule has 0 saturated carbocycles. The largest absolute Gasteiger partial charge is 0.453 e. The number of ether oxygens (including phenoxy) is 1. The lowest BCUT2D eigenvalue weighted by Gasteiger charge is -2.38. The summed E-state index contributed by atoms with van der Waals surface area (Å²) in [7, 11) is -3.32.